The van der Waals surface area contributed by atoms with Crippen molar-refractivity contribution < 1.29 is 0 Å². The molecule has 1 aromatic carbocycles. The Morgan fingerprint density at radius 3 is 2.78 bits per heavy atom. The molecular weight excluding hydrogens is 246 g/mol. The van der Waals surface area contributed by atoms with Gasteiger partial charge >= 0.3 is 0 Å². The summed E-state index contributed by atoms with van der Waals surface area (Å²) in [5.41, 5.74) is 7.89. The number of rotatable bonds is 5. The summed E-state index contributed by atoms with van der Waals surface area (Å²) < 4.78 is 2.20. The molecule has 2 rings (SSSR count). The van der Waals surface area contributed by atoms with Crippen molar-refractivity contribution in [2.45, 2.75) is 39.2 Å². The first-order valence-corrected chi connectivity index (χ1v) is 6.95. The molecule has 0 fully saturated rings. The highest BCUT2D eigenvalue weighted by Gasteiger charge is 2.18. The quantitative estimate of drug-likeness (QED) is 0.898. The summed E-state index contributed by atoms with van der Waals surface area (Å²) in [6.07, 6.45) is 2.18. The van der Waals surface area contributed by atoms with Gasteiger partial charge in [0, 0.05) is 19.0 Å². The first-order chi connectivity index (χ1) is 8.72. The Bertz CT molecular complexity index is 533. The van der Waals surface area contributed by atoms with E-state index in [1.165, 1.54) is 0 Å². The average molecular weight is 266 g/mol. The standard InChI is InChI=1S/C14H20ClN3/c1-3-6-10(9-16)14-17-12-8-5-7-11(15)13(12)18(14)4-2/h5,7-8,10H,3-4,6,9,16H2,1-2H3. The third-order valence-corrected chi connectivity index (χ3v) is 3.65. The zero-order chi connectivity index (χ0) is 13.1. The van der Waals surface area contributed by atoms with E-state index in [9.17, 15) is 0 Å². The van der Waals surface area contributed by atoms with Gasteiger partial charge in [-0.25, -0.2) is 4.98 Å². The SMILES string of the molecule is CCCC(CN)c1nc2cccc(Cl)c2n1CC. The second-order valence-corrected chi connectivity index (χ2v) is 4.95. The molecule has 1 heterocycles. The van der Waals surface area contributed by atoms with E-state index in [1.54, 1.807) is 0 Å². The molecule has 1 aromatic heterocycles. The number of para-hydroxylation sites is 1. The Kier molecular flexibility index (Phi) is 4.25. The van der Waals surface area contributed by atoms with Crippen LogP contribution in [0.15, 0.2) is 18.2 Å². The van der Waals surface area contributed by atoms with Gasteiger partial charge in [-0.15, -0.1) is 0 Å². The molecule has 0 saturated carbocycles. The Morgan fingerprint density at radius 1 is 1.39 bits per heavy atom. The number of hydrogen-bond acceptors (Lipinski definition) is 2. The molecule has 4 heteroatoms. The maximum Gasteiger partial charge on any atom is 0.114 e. The second kappa shape index (κ2) is 5.72. The van der Waals surface area contributed by atoms with Gasteiger partial charge < -0.3 is 10.3 Å². The second-order valence-electron chi connectivity index (χ2n) is 4.54. The summed E-state index contributed by atoms with van der Waals surface area (Å²) in [7, 11) is 0. The molecule has 0 radical (unpaired) electrons. The van der Waals surface area contributed by atoms with Gasteiger partial charge in [0.25, 0.3) is 0 Å². The van der Waals surface area contributed by atoms with E-state index in [0.717, 1.165) is 41.3 Å². The molecule has 2 N–H and O–H groups in total. The van der Waals surface area contributed by atoms with Crippen molar-refractivity contribution in [2.75, 3.05) is 6.54 Å². The summed E-state index contributed by atoms with van der Waals surface area (Å²) >= 11 is 6.29. The lowest BCUT2D eigenvalue weighted by Gasteiger charge is -2.15. The van der Waals surface area contributed by atoms with Gasteiger partial charge in [0.2, 0.25) is 0 Å². The van der Waals surface area contributed by atoms with Crippen LogP contribution in [0.2, 0.25) is 5.02 Å². The average Bonchev–Trinajstić information content (AvgIpc) is 2.75. The minimum Gasteiger partial charge on any atom is -0.330 e. The zero-order valence-electron chi connectivity index (χ0n) is 11.0. The summed E-state index contributed by atoms with van der Waals surface area (Å²) in [5, 5.41) is 0.764. The van der Waals surface area contributed by atoms with E-state index in [4.69, 9.17) is 22.3 Å². The van der Waals surface area contributed by atoms with E-state index < -0.39 is 0 Å². The molecule has 2 aromatic rings. The van der Waals surface area contributed by atoms with Crippen LogP contribution in [0.1, 0.15) is 38.4 Å². The van der Waals surface area contributed by atoms with E-state index in [1.807, 2.05) is 18.2 Å². The van der Waals surface area contributed by atoms with Crippen LogP contribution in [0.3, 0.4) is 0 Å². The molecule has 0 aliphatic carbocycles. The van der Waals surface area contributed by atoms with E-state index in [0.29, 0.717) is 12.5 Å². The first-order valence-electron chi connectivity index (χ1n) is 6.57. The maximum absolute atomic E-state index is 6.29. The molecule has 0 aliphatic rings. The number of nitrogens with two attached hydrogens (primary N) is 1. The molecule has 1 atom stereocenters. The maximum atomic E-state index is 6.29. The van der Waals surface area contributed by atoms with Gasteiger partial charge in [0.05, 0.1) is 16.1 Å². The van der Waals surface area contributed by atoms with Crippen molar-refractivity contribution >= 4 is 22.6 Å². The van der Waals surface area contributed by atoms with Crippen LogP contribution in [-0.2, 0) is 6.54 Å². The Morgan fingerprint density at radius 2 is 2.17 bits per heavy atom. The van der Waals surface area contributed by atoms with Gasteiger partial charge in [0.15, 0.2) is 0 Å². The molecule has 0 bridgehead atoms. The van der Waals surface area contributed by atoms with E-state index in [-0.39, 0.29) is 0 Å². The number of imidazole rings is 1. The lowest BCUT2D eigenvalue weighted by atomic mass is 10.0. The Balaban J connectivity index is 2.60. The Labute approximate surface area is 113 Å². The van der Waals surface area contributed by atoms with Crippen LogP contribution in [0.5, 0.6) is 0 Å². The molecule has 0 aliphatic heterocycles. The normalized spacial score (nSPS) is 13.1. The molecule has 0 saturated heterocycles. The highest BCUT2D eigenvalue weighted by molar-refractivity contribution is 6.35. The predicted octanol–water partition coefficient (Wildman–Crippen LogP) is 3.55. The monoisotopic (exact) mass is 265 g/mol. The minimum absolute atomic E-state index is 0.318. The third-order valence-electron chi connectivity index (χ3n) is 3.35. The van der Waals surface area contributed by atoms with Crippen LogP contribution in [0, 0.1) is 0 Å². The third kappa shape index (κ3) is 2.25. The van der Waals surface area contributed by atoms with Gasteiger partial charge in [-0.05, 0) is 25.5 Å². The number of fused-ring (bicyclic) bond motifs is 1. The Hall–Kier alpha value is -1.06. The molecule has 0 amide bonds. The van der Waals surface area contributed by atoms with Crippen LogP contribution in [0.4, 0.5) is 0 Å². The lowest BCUT2D eigenvalue weighted by molar-refractivity contribution is 0.557. The number of aromatic nitrogens is 2. The molecule has 0 spiro atoms. The molecule has 3 nitrogen and oxygen atoms in total. The smallest absolute Gasteiger partial charge is 0.114 e. The number of aryl methyl sites for hydroxylation is 1. The van der Waals surface area contributed by atoms with Crippen molar-refractivity contribution in [3.63, 3.8) is 0 Å². The fourth-order valence-corrected chi connectivity index (χ4v) is 2.76. The van der Waals surface area contributed by atoms with Crippen molar-refractivity contribution in [3.8, 4) is 0 Å². The summed E-state index contributed by atoms with van der Waals surface area (Å²) in [6.45, 7) is 5.80. The molecule has 1 unspecified atom stereocenters. The van der Waals surface area contributed by atoms with E-state index >= 15 is 0 Å². The molecular formula is C14H20ClN3. The van der Waals surface area contributed by atoms with Crippen LogP contribution >= 0.6 is 11.6 Å². The highest BCUT2D eigenvalue weighted by Crippen LogP contribution is 2.29. The fraction of sp³-hybridized carbons (Fsp3) is 0.500. The summed E-state index contributed by atoms with van der Waals surface area (Å²) in [5.74, 6) is 1.39. The zero-order valence-corrected chi connectivity index (χ0v) is 11.7. The van der Waals surface area contributed by atoms with Gasteiger partial charge in [-0.1, -0.05) is 31.0 Å². The van der Waals surface area contributed by atoms with Gasteiger partial charge in [-0.2, -0.15) is 0 Å². The molecule has 18 heavy (non-hydrogen) atoms. The van der Waals surface area contributed by atoms with Crippen LogP contribution < -0.4 is 5.73 Å². The fourth-order valence-electron chi connectivity index (χ4n) is 2.49. The van der Waals surface area contributed by atoms with Crippen molar-refractivity contribution in [2.24, 2.45) is 5.73 Å². The molecule has 98 valence electrons. The lowest BCUT2D eigenvalue weighted by Crippen LogP contribution is -2.17. The van der Waals surface area contributed by atoms with E-state index in [2.05, 4.69) is 18.4 Å². The topological polar surface area (TPSA) is 43.8 Å². The number of benzene rings is 1. The first kappa shape index (κ1) is 13.4. The van der Waals surface area contributed by atoms with Gasteiger partial charge in [-0.3, -0.25) is 0 Å². The van der Waals surface area contributed by atoms with Crippen molar-refractivity contribution in [1.82, 2.24) is 9.55 Å². The summed E-state index contributed by atoms with van der Waals surface area (Å²) in [6, 6.07) is 5.87. The van der Waals surface area contributed by atoms with Crippen molar-refractivity contribution in [1.29, 1.82) is 0 Å². The van der Waals surface area contributed by atoms with Crippen LogP contribution in [0.25, 0.3) is 11.0 Å². The van der Waals surface area contributed by atoms with Gasteiger partial charge in [0.1, 0.15) is 5.82 Å². The summed E-state index contributed by atoms with van der Waals surface area (Å²) in [4.78, 5) is 4.73. The highest BCUT2D eigenvalue weighted by atomic mass is 35.5. The number of halogens is 1. The minimum atomic E-state index is 0.318. The predicted molar refractivity (Wildman–Crippen MR) is 77.1 cm³/mol. The number of hydrogen-bond donors (Lipinski definition) is 1. The van der Waals surface area contributed by atoms with Crippen LogP contribution in [-0.4, -0.2) is 16.1 Å². The van der Waals surface area contributed by atoms with Crippen molar-refractivity contribution in [3.05, 3.63) is 29.0 Å². The largest absolute Gasteiger partial charge is 0.330 e. The number of nitrogens with zero attached hydrogens (tertiary/aromatic N) is 2.